The third-order valence-electron chi connectivity index (χ3n) is 4.65. The number of nitrogens with one attached hydrogen (secondary N) is 1. The van der Waals surface area contributed by atoms with Crippen LogP contribution in [0, 0.1) is 5.82 Å². The minimum atomic E-state index is -0.447. The Hall–Kier alpha value is -2.96. The van der Waals surface area contributed by atoms with Crippen molar-refractivity contribution in [3.8, 4) is 11.5 Å². The van der Waals surface area contributed by atoms with Crippen LogP contribution in [0.2, 0.25) is 10.0 Å². The summed E-state index contributed by atoms with van der Waals surface area (Å²) >= 11 is 12.5. The summed E-state index contributed by atoms with van der Waals surface area (Å²) in [5.41, 5.74) is 2.31. The molecule has 3 aromatic rings. The molecule has 0 radical (unpaired) electrons. The number of benzene rings is 3. The molecular formula is C24H22Cl2FNO4. The van der Waals surface area contributed by atoms with Crippen molar-refractivity contribution < 1.29 is 23.4 Å². The Morgan fingerprint density at radius 2 is 1.78 bits per heavy atom. The van der Waals surface area contributed by atoms with Crippen LogP contribution in [-0.2, 0) is 17.9 Å². The zero-order valence-corrected chi connectivity index (χ0v) is 19.1. The third kappa shape index (κ3) is 5.84. The fourth-order valence-electron chi connectivity index (χ4n) is 2.94. The second-order valence-electron chi connectivity index (χ2n) is 6.73. The van der Waals surface area contributed by atoms with Crippen molar-refractivity contribution in [2.75, 3.05) is 19.0 Å². The highest BCUT2D eigenvalue weighted by Gasteiger charge is 2.14. The van der Waals surface area contributed by atoms with Crippen LogP contribution in [0.5, 0.6) is 11.5 Å². The molecule has 0 spiro atoms. The molecule has 0 aromatic heterocycles. The molecule has 0 amide bonds. The van der Waals surface area contributed by atoms with E-state index in [1.54, 1.807) is 49.4 Å². The van der Waals surface area contributed by atoms with Gasteiger partial charge in [-0.2, -0.15) is 0 Å². The number of esters is 1. The molecule has 8 heteroatoms. The highest BCUT2D eigenvalue weighted by atomic mass is 35.5. The van der Waals surface area contributed by atoms with Crippen LogP contribution in [0.15, 0.2) is 54.6 Å². The SMILES string of the molecule is CCOC(=O)c1ccc(NCc2cc(OC)c(OCc3c(F)cccc3Cl)cc2Cl)cc1. The highest BCUT2D eigenvalue weighted by molar-refractivity contribution is 6.31. The van der Waals surface area contributed by atoms with E-state index in [9.17, 15) is 9.18 Å². The number of anilines is 1. The van der Waals surface area contributed by atoms with E-state index in [-0.39, 0.29) is 23.2 Å². The molecule has 3 rings (SSSR count). The van der Waals surface area contributed by atoms with E-state index in [4.69, 9.17) is 37.4 Å². The van der Waals surface area contributed by atoms with Gasteiger partial charge in [0.05, 0.1) is 24.3 Å². The monoisotopic (exact) mass is 477 g/mol. The number of ether oxygens (including phenoxy) is 3. The zero-order valence-electron chi connectivity index (χ0n) is 17.6. The molecule has 32 heavy (non-hydrogen) atoms. The largest absolute Gasteiger partial charge is 0.493 e. The van der Waals surface area contributed by atoms with Gasteiger partial charge in [-0.15, -0.1) is 0 Å². The fraction of sp³-hybridized carbons (Fsp3) is 0.208. The van der Waals surface area contributed by atoms with Crippen molar-refractivity contribution in [1.82, 2.24) is 0 Å². The Labute approximate surface area is 196 Å². The predicted octanol–water partition coefficient (Wildman–Crippen LogP) is 6.51. The smallest absolute Gasteiger partial charge is 0.338 e. The second kappa shape index (κ2) is 11.1. The van der Waals surface area contributed by atoms with Crippen molar-refractivity contribution >= 4 is 34.9 Å². The summed E-state index contributed by atoms with van der Waals surface area (Å²) in [5, 5.41) is 3.98. The van der Waals surface area contributed by atoms with Gasteiger partial charge in [-0.1, -0.05) is 29.3 Å². The maximum Gasteiger partial charge on any atom is 0.338 e. The molecule has 0 aliphatic rings. The fourth-order valence-corrected chi connectivity index (χ4v) is 3.38. The van der Waals surface area contributed by atoms with Crippen molar-refractivity contribution in [1.29, 1.82) is 0 Å². The number of rotatable bonds is 9. The van der Waals surface area contributed by atoms with Gasteiger partial charge in [0.25, 0.3) is 0 Å². The van der Waals surface area contributed by atoms with Crippen LogP contribution in [-0.4, -0.2) is 19.7 Å². The van der Waals surface area contributed by atoms with E-state index in [1.165, 1.54) is 19.2 Å². The highest BCUT2D eigenvalue weighted by Crippen LogP contribution is 2.35. The Balaban J connectivity index is 1.69. The van der Waals surface area contributed by atoms with Crippen LogP contribution in [0.1, 0.15) is 28.4 Å². The van der Waals surface area contributed by atoms with Crippen LogP contribution in [0.3, 0.4) is 0 Å². The first-order chi connectivity index (χ1) is 15.4. The number of methoxy groups -OCH3 is 1. The van der Waals surface area contributed by atoms with Crippen LogP contribution in [0.25, 0.3) is 0 Å². The predicted molar refractivity (Wildman–Crippen MR) is 123 cm³/mol. The van der Waals surface area contributed by atoms with Gasteiger partial charge in [-0.25, -0.2) is 9.18 Å². The van der Waals surface area contributed by atoms with E-state index in [2.05, 4.69) is 5.32 Å². The van der Waals surface area contributed by atoms with Crippen molar-refractivity contribution in [2.45, 2.75) is 20.1 Å². The summed E-state index contributed by atoms with van der Waals surface area (Å²) in [4.78, 5) is 11.7. The third-order valence-corrected chi connectivity index (χ3v) is 5.35. The quantitative estimate of drug-likeness (QED) is 0.356. The van der Waals surface area contributed by atoms with Crippen LogP contribution in [0.4, 0.5) is 10.1 Å². The lowest BCUT2D eigenvalue weighted by atomic mass is 10.1. The Morgan fingerprint density at radius 1 is 1.03 bits per heavy atom. The van der Waals surface area contributed by atoms with E-state index < -0.39 is 5.82 Å². The van der Waals surface area contributed by atoms with Crippen molar-refractivity contribution in [3.63, 3.8) is 0 Å². The number of carbonyl (C=O) groups excluding carboxylic acids is 1. The van der Waals surface area contributed by atoms with Gasteiger partial charge in [0.1, 0.15) is 12.4 Å². The lowest BCUT2D eigenvalue weighted by molar-refractivity contribution is 0.0526. The first-order valence-electron chi connectivity index (χ1n) is 9.86. The molecule has 0 saturated carbocycles. The molecule has 0 atom stereocenters. The van der Waals surface area contributed by atoms with Crippen LogP contribution < -0.4 is 14.8 Å². The Bertz CT molecular complexity index is 1070. The van der Waals surface area contributed by atoms with Gasteiger partial charge in [0, 0.05) is 28.9 Å². The molecule has 0 heterocycles. The number of carbonyl (C=O) groups is 1. The number of halogens is 3. The molecule has 5 nitrogen and oxygen atoms in total. The molecular weight excluding hydrogens is 456 g/mol. The van der Waals surface area contributed by atoms with Crippen LogP contribution >= 0.6 is 23.2 Å². The second-order valence-corrected chi connectivity index (χ2v) is 7.55. The molecule has 0 unspecified atom stereocenters. The van der Waals surface area contributed by atoms with Gasteiger partial charge >= 0.3 is 5.97 Å². The van der Waals surface area contributed by atoms with Gasteiger partial charge in [-0.05, 0) is 55.0 Å². The van der Waals surface area contributed by atoms with E-state index >= 15 is 0 Å². The average molecular weight is 478 g/mol. The number of hydrogen-bond donors (Lipinski definition) is 1. The van der Waals surface area contributed by atoms with E-state index in [1.807, 2.05) is 0 Å². The summed E-state index contributed by atoms with van der Waals surface area (Å²) < 4.78 is 30.1. The minimum absolute atomic E-state index is 0.0669. The van der Waals surface area contributed by atoms with Gasteiger partial charge in [0.15, 0.2) is 11.5 Å². The van der Waals surface area contributed by atoms with E-state index in [0.717, 1.165) is 11.3 Å². The molecule has 0 aliphatic heterocycles. The Kier molecular flexibility index (Phi) is 8.20. The minimum Gasteiger partial charge on any atom is -0.493 e. The summed E-state index contributed by atoms with van der Waals surface area (Å²) in [6.45, 7) is 2.43. The average Bonchev–Trinajstić information content (AvgIpc) is 2.78. The van der Waals surface area contributed by atoms with E-state index in [0.29, 0.717) is 35.2 Å². The summed E-state index contributed by atoms with van der Waals surface area (Å²) in [6.07, 6.45) is 0. The molecule has 1 N–H and O–H groups in total. The summed E-state index contributed by atoms with van der Waals surface area (Å²) in [5.74, 6) is 0.0205. The molecule has 0 aliphatic carbocycles. The zero-order chi connectivity index (χ0) is 23.1. The van der Waals surface area contributed by atoms with Crippen molar-refractivity contribution in [2.24, 2.45) is 0 Å². The first-order valence-corrected chi connectivity index (χ1v) is 10.6. The molecule has 0 saturated heterocycles. The normalized spacial score (nSPS) is 10.5. The Morgan fingerprint density at radius 3 is 2.44 bits per heavy atom. The standard InChI is InChI=1S/C24H22Cl2FNO4/c1-3-31-24(29)15-7-9-17(10-8-15)28-13-16-11-22(30-2)23(12-20(16)26)32-14-18-19(25)5-4-6-21(18)27/h4-12,28H,3,13-14H2,1-2H3. The lowest BCUT2D eigenvalue weighted by Crippen LogP contribution is -2.06. The van der Waals surface area contributed by atoms with Gasteiger partial charge in [0.2, 0.25) is 0 Å². The molecule has 3 aromatic carbocycles. The summed E-state index contributed by atoms with van der Waals surface area (Å²) in [7, 11) is 1.51. The molecule has 168 valence electrons. The number of hydrogen-bond acceptors (Lipinski definition) is 5. The first kappa shape index (κ1) is 23.7. The summed E-state index contributed by atoms with van der Waals surface area (Å²) in [6, 6.07) is 14.8. The maximum absolute atomic E-state index is 14.0. The topological polar surface area (TPSA) is 56.8 Å². The maximum atomic E-state index is 14.0. The lowest BCUT2D eigenvalue weighted by Gasteiger charge is -2.15. The molecule has 0 fully saturated rings. The van der Waals surface area contributed by atoms with Crippen molar-refractivity contribution in [3.05, 3.63) is 87.2 Å². The van der Waals surface area contributed by atoms with Gasteiger partial charge < -0.3 is 19.5 Å². The molecule has 0 bridgehead atoms. The van der Waals surface area contributed by atoms with Gasteiger partial charge in [-0.3, -0.25) is 0 Å².